The molecular weight excluding hydrogens is 224 g/mol. The quantitative estimate of drug-likeness (QED) is 0.840. The molecule has 0 fully saturated rings. The molecule has 2 amide bonds. The molecule has 0 atom stereocenters. The summed E-state index contributed by atoms with van der Waals surface area (Å²) >= 11 is 0. The van der Waals surface area contributed by atoms with E-state index in [2.05, 4.69) is 0 Å². The minimum absolute atomic E-state index is 0.0587. The maximum atomic E-state index is 11.8. The number of amides is 2. The number of carbonyl (C=O) groups is 2. The molecule has 0 unspecified atom stereocenters. The van der Waals surface area contributed by atoms with E-state index >= 15 is 0 Å². The predicted molar refractivity (Wildman–Crippen MR) is 60.5 cm³/mol. The predicted octanol–water partition coefficient (Wildman–Crippen LogP) is 1.24. The second-order valence-electron chi connectivity index (χ2n) is 3.78. The van der Waals surface area contributed by atoms with Gasteiger partial charge in [-0.15, -0.1) is 0 Å². The topological polar surface area (TPSA) is 74.0 Å². The average Bonchev–Trinajstić information content (AvgIpc) is 2.77. The van der Waals surface area contributed by atoms with E-state index in [1.54, 1.807) is 32.5 Å². The Labute approximate surface area is 99.4 Å². The number of aliphatic carboxylic acids is 1. The van der Waals surface area contributed by atoms with Gasteiger partial charge in [-0.25, -0.2) is 4.79 Å². The van der Waals surface area contributed by atoms with Crippen molar-refractivity contribution >= 4 is 12.0 Å². The molecule has 1 heterocycles. The smallest absolute Gasteiger partial charge is 0.319 e. The van der Waals surface area contributed by atoms with Crippen molar-refractivity contribution < 1.29 is 19.1 Å². The lowest BCUT2D eigenvalue weighted by molar-refractivity contribution is -0.137. The molecule has 0 radical (unpaired) electrons. The van der Waals surface area contributed by atoms with Crippen molar-refractivity contribution in [3.8, 4) is 0 Å². The van der Waals surface area contributed by atoms with Crippen LogP contribution >= 0.6 is 0 Å². The molecule has 94 valence electrons. The zero-order valence-corrected chi connectivity index (χ0v) is 9.92. The van der Waals surface area contributed by atoms with E-state index in [0.717, 1.165) is 0 Å². The molecule has 0 saturated carbocycles. The molecule has 0 aromatic carbocycles. The number of rotatable bonds is 5. The largest absolute Gasteiger partial charge is 0.481 e. The van der Waals surface area contributed by atoms with Crippen LogP contribution in [0.5, 0.6) is 0 Å². The molecule has 6 heteroatoms. The van der Waals surface area contributed by atoms with Gasteiger partial charge in [0, 0.05) is 20.6 Å². The fraction of sp³-hybridized carbons (Fsp3) is 0.455. The minimum atomic E-state index is -0.918. The third kappa shape index (κ3) is 4.18. The van der Waals surface area contributed by atoms with Crippen LogP contribution in [0.25, 0.3) is 0 Å². The number of furan rings is 1. The standard InChI is InChI=1S/C11H16N2O4/c1-12(6-5-10(14)15)11(16)13(2)8-9-4-3-7-17-9/h3-4,7H,5-6,8H2,1-2H3,(H,14,15). The van der Waals surface area contributed by atoms with E-state index in [9.17, 15) is 9.59 Å². The van der Waals surface area contributed by atoms with Crippen LogP contribution in [-0.2, 0) is 11.3 Å². The number of nitrogens with zero attached hydrogens (tertiary/aromatic N) is 2. The van der Waals surface area contributed by atoms with Gasteiger partial charge in [-0.1, -0.05) is 0 Å². The Morgan fingerprint density at radius 1 is 1.35 bits per heavy atom. The molecule has 0 spiro atoms. The second-order valence-corrected chi connectivity index (χ2v) is 3.78. The van der Waals surface area contributed by atoms with Crippen LogP contribution < -0.4 is 0 Å². The van der Waals surface area contributed by atoms with Crippen molar-refractivity contribution in [2.24, 2.45) is 0 Å². The highest BCUT2D eigenvalue weighted by Crippen LogP contribution is 2.05. The fourth-order valence-corrected chi connectivity index (χ4v) is 1.35. The molecule has 1 aromatic heterocycles. The minimum Gasteiger partial charge on any atom is -0.481 e. The van der Waals surface area contributed by atoms with Crippen LogP contribution in [0.3, 0.4) is 0 Å². The molecule has 0 aliphatic heterocycles. The van der Waals surface area contributed by atoms with Gasteiger partial charge < -0.3 is 19.3 Å². The van der Waals surface area contributed by atoms with Gasteiger partial charge in [-0.3, -0.25) is 4.79 Å². The van der Waals surface area contributed by atoms with Gasteiger partial charge in [0.15, 0.2) is 0 Å². The Hall–Kier alpha value is -1.98. The lowest BCUT2D eigenvalue weighted by Gasteiger charge is -2.23. The maximum absolute atomic E-state index is 11.8. The van der Waals surface area contributed by atoms with Gasteiger partial charge in [0.2, 0.25) is 0 Å². The Balaban J connectivity index is 2.42. The number of urea groups is 1. The number of carboxylic acids is 1. The molecule has 1 aromatic rings. The van der Waals surface area contributed by atoms with Crippen molar-refractivity contribution in [1.82, 2.24) is 9.80 Å². The molecule has 1 rings (SSSR count). The number of hydrogen-bond donors (Lipinski definition) is 1. The van der Waals surface area contributed by atoms with Crippen molar-refractivity contribution in [2.75, 3.05) is 20.6 Å². The summed E-state index contributed by atoms with van der Waals surface area (Å²) in [5, 5.41) is 8.52. The summed E-state index contributed by atoms with van der Waals surface area (Å²) in [5.41, 5.74) is 0. The summed E-state index contributed by atoms with van der Waals surface area (Å²) < 4.78 is 5.13. The van der Waals surface area contributed by atoms with E-state index in [4.69, 9.17) is 9.52 Å². The number of hydrogen-bond acceptors (Lipinski definition) is 3. The Morgan fingerprint density at radius 2 is 2.06 bits per heavy atom. The van der Waals surface area contributed by atoms with Crippen LogP contribution in [0.2, 0.25) is 0 Å². The zero-order valence-electron chi connectivity index (χ0n) is 9.92. The van der Waals surface area contributed by atoms with Crippen molar-refractivity contribution in [1.29, 1.82) is 0 Å². The van der Waals surface area contributed by atoms with Gasteiger partial charge in [-0.2, -0.15) is 0 Å². The van der Waals surface area contributed by atoms with Crippen molar-refractivity contribution in [2.45, 2.75) is 13.0 Å². The van der Waals surface area contributed by atoms with Gasteiger partial charge in [-0.05, 0) is 12.1 Å². The van der Waals surface area contributed by atoms with Crippen LogP contribution in [-0.4, -0.2) is 47.5 Å². The fourth-order valence-electron chi connectivity index (χ4n) is 1.35. The summed E-state index contributed by atoms with van der Waals surface area (Å²) in [6.45, 7) is 0.555. The van der Waals surface area contributed by atoms with Gasteiger partial charge in [0.25, 0.3) is 0 Å². The number of carboxylic acid groups (broad SMARTS) is 1. The zero-order chi connectivity index (χ0) is 12.8. The molecule has 17 heavy (non-hydrogen) atoms. The van der Waals surface area contributed by atoms with Crippen LogP contribution in [0, 0.1) is 0 Å². The third-order valence-corrected chi connectivity index (χ3v) is 2.29. The highest BCUT2D eigenvalue weighted by Gasteiger charge is 2.15. The van der Waals surface area contributed by atoms with E-state index in [1.165, 1.54) is 9.80 Å². The van der Waals surface area contributed by atoms with Gasteiger partial charge in [0.05, 0.1) is 19.2 Å². The van der Waals surface area contributed by atoms with E-state index in [0.29, 0.717) is 12.3 Å². The normalized spacial score (nSPS) is 10.0. The summed E-state index contributed by atoms with van der Waals surface area (Å²) in [5.74, 6) is -0.231. The summed E-state index contributed by atoms with van der Waals surface area (Å²) in [4.78, 5) is 25.0. The number of carbonyl (C=O) groups excluding carboxylic acids is 1. The van der Waals surface area contributed by atoms with E-state index in [-0.39, 0.29) is 19.0 Å². The van der Waals surface area contributed by atoms with Crippen LogP contribution in [0.1, 0.15) is 12.2 Å². The highest BCUT2D eigenvalue weighted by atomic mass is 16.4. The Kier molecular flexibility index (Phi) is 4.56. The molecule has 0 bridgehead atoms. The third-order valence-electron chi connectivity index (χ3n) is 2.29. The average molecular weight is 240 g/mol. The Morgan fingerprint density at radius 3 is 2.59 bits per heavy atom. The lowest BCUT2D eigenvalue weighted by Crippen LogP contribution is -2.39. The summed E-state index contributed by atoms with van der Waals surface area (Å²) in [7, 11) is 3.21. The van der Waals surface area contributed by atoms with Crippen LogP contribution in [0.4, 0.5) is 4.79 Å². The van der Waals surface area contributed by atoms with E-state index in [1.807, 2.05) is 0 Å². The van der Waals surface area contributed by atoms with Gasteiger partial charge >= 0.3 is 12.0 Å². The van der Waals surface area contributed by atoms with Crippen LogP contribution in [0.15, 0.2) is 22.8 Å². The summed E-state index contributed by atoms with van der Waals surface area (Å²) in [6, 6.07) is 3.30. The molecule has 0 saturated heterocycles. The van der Waals surface area contributed by atoms with E-state index < -0.39 is 5.97 Å². The molecule has 0 aliphatic rings. The molecule has 0 aliphatic carbocycles. The highest BCUT2D eigenvalue weighted by molar-refractivity contribution is 5.74. The van der Waals surface area contributed by atoms with Crippen molar-refractivity contribution in [3.63, 3.8) is 0 Å². The Bertz CT molecular complexity index is 375. The van der Waals surface area contributed by atoms with Crippen molar-refractivity contribution in [3.05, 3.63) is 24.2 Å². The molecule has 1 N–H and O–H groups in total. The molecule has 6 nitrogen and oxygen atoms in total. The lowest BCUT2D eigenvalue weighted by atomic mass is 10.4. The first-order chi connectivity index (χ1) is 8.00. The maximum Gasteiger partial charge on any atom is 0.319 e. The van der Waals surface area contributed by atoms with Gasteiger partial charge in [0.1, 0.15) is 5.76 Å². The molecular formula is C11H16N2O4. The second kappa shape index (κ2) is 5.93. The first kappa shape index (κ1) is 13.1. The monoisotopic (exact) mass is 240 g/mol. The summed E-state index contributed by atoms with van der Waals surface area (Å²) in [6.07, 6.45) is 1.48. The first-order valence-electron chi connectivity index (χ1n) is 5.21. The SMILES string of the molecule is CN(CCC(=O)O)C(=O)N(C)Cc1ccco1. The first-order valence-corrected chi connectivity index (χ1v) is 5.21.